The second-order valence-electron chi connectivity index (χ2n) is 10.7. The number of ketones is 1. The number of ether oxygens (including phenoxy) is 1. The fourth-order valence-electron chi connectivity index (χ4n) is 5.33. The maximum Gasteiger partial charge on any atom is 0.244 e. The van der Waals surface area contributed by atoms with Crippen LogP contribution in [0.5, 0.6) is 0 Å². The molecule has 0 spiro atoms. The Morgan fingerprint density at radius 1 is 1.07 bits per heavy atom. The van der Waals surface area contributed by atoms with Crippen molar-refractivity contribution in [2.24, 2.45) is 0 Å². The van der Waals surface area contributed by atoms with Crippen LogP contribution in [-0.2, 0) is 27.2 Å². The molecule has 10 nitrogen and oxygen atoms in total. The van der Waals surface area contributed by atoms with E-state index >= 15 is 0 Å². The van der Waals surface area contributed by atoms with E-state index in [1.165, 1.54) is 0 Å². The fraction of sp³-hybridized carbons (Fsp3) is 0.387. The predicted molar refractivity (Wildman–Crippen MR) is 159 cm³/mol. The number of hydrogen-bond acceptors (Lipinski definition) is 9. The Hall–Kier alpha value is -3.99. The van der Waals surface area contributed by atoms with E-state index in [0.29, 0.717) is 25.4 Å². The highest BCUT2D eigenvalue weighted by atomic mass is 16.5. The highest BCUT2D eigenvalue weighted by Crippen LogP contribution is 2.37. The number of aromatic nitrogens is 3. The Morgan fingerprint density at radius 2 is 1.88 bits per heavy atom. The van der Waals surface area contributed by atoms with E-state index in [4.69, 9.17) is 9.72 Å². The molecule has 0 saturated carbocycles. The molecule has 1 amide bonds. The van der Waals surface area contributed by atoms with Gasteiger partial charge in [0.2, 0.25) is 11.9 Å². The molecule has 1 aliphatic heterocycles. The normalized spacial score (nSPS) is 16.1. The van der Waals surface area contributed by atoms with E-state index in [9.17, 15) is 9.59 Å². The molecule has 0 unspecified atom stereocenters. The van der Waals surface area contributed by atoms with Crippen molar-refractivity contribution >= 4 is 34.6 Å². The zero-order valence-electron chi connectivity index (χ0n) is 24.1. The number of amides is 1. The Balaban J connectivity index is 1.33. The van der Waals surface area contributed by atoms with Crippen molar-refractivity contribution in [3.63, 3.8) is 0 Å². The molecular formula is C31H37N7O3. The number of Topliss-reactive ketones (excluding diaryl/α,β-unsaturated/α-hetero) is 1. The Labute approximate surface area is 240 Å². The van der Waals surface area contributed by atoms with Crippen molar-refractivity contribution in [3.05, 3.63) is 76.9 Å². The van der Waals surface area contributed by atoms with Gasteiger partial charge in [-0.05, 0) is 62.2 Å². The zero-order valence-corrected chi connectivity index (χ0v) is 24.1. The first kappa shape index (κ1) is 28.5. The second-order valence-corrected chi connectivity index (χ2v) is 10.7. The van der Waals surface area contributed by atoms with Crippen LogP contribution in [0.25, 0.3) is 5.57 Å². The number of rotatable bonds is 10. The monoisotopic (exact) mass is 555 g/mol. The first-order chi connectivity index (χ1) is 19.8. The molecule has 10 heteroatoms. The summed E-state index contributed by atoms with van der Waals surface area (Å²) in [5.74, 6) is 0.480. The number of fused-ring (bicyclic) bond motifs is 1. The molecule has 5 rings (SSSR count). The highest BCUT2D eigenvalue weighted by Gasteiger charge is 2.30. The van der Waals surface area contributed by atoms with Gasteiger partial charge in [0, 0.05) is 62.9 Å². The van der Waals surface area contributed by atoms with Crippen molar-refractivity contribution in [1.82, 2.24) is 24.8 Å². The van der Waals surface area contributed by atoms with Crippen molar-refractivity contribution in [1.29, 1.82) is 0 Å². The number of pyridine rings is 1. The number of anilines is 3. The molecule has 0 radical (unpaired) electrons. The molecule has 41 heavy (non-hydrogen) atoms. The number of nitrogens with one attached hydrogen (secondary N) is 2. The van der Waals surface area contributed by atoms with Gasteiger partial charge in [0.25, 0.3) is 0 Å². The number of carbonyl (C=O) groups excluding carboxylic acids is 2. The summed E-state index contributed by atoms with van der Waals surface area (Å²) in [7, 11) is 3.74. The number of likely N-dealkylation sites (N-methyl/N-ethyl adjacent to an activating group) is 1. The summed E-state index contributed by atoms with van der Waals surface area (Å²) in [5.41, 5.74) is 7.20. The van der Waals surface area contributed by atoms with Crippen molar-refractivity contribution in [3.8, 4) is 0 Å². The van der Waals surface area contributed by atoms with Crippen molar-refractivity contribution in [2.45, 2.75) is 32.7 Å². The van der Waals surface area contributed by atoms with Gasteiger partial charge in [-0.25, -0.2) is 9.97 Å². The van der Waals surface area contributed by atoms with Gasteiger partial charge in [-0.1, -0.05) is 18.2 Å². The quantitative estimate of drug-likeness (QED) is 0.389. The average Bonchev–Trinajstić information content (AvgIpc) is 3.39. The molecule has 2 aromatic heterocycles. The van der Waals surface area contributed by atoms with Crippen LogP contribution in [0.2, 0.25) is 0 Å². The summed E-state index contributed by atoms with van der Waals surface area (Å²) in [6.45, 7) is 7.41. The molecule has 1 aliphatic carbocycles. The fourth-order valence-corrected chi connectivity index (χ4v) is 5.33. The third kappa shape index (κ3) is 6.67. The number of methoxy groups -OCH3 is 1. The number of carbonyl (C=O) groups is 2. The summed E-state index contributed by atoms with van der Waals surface area (Å²) in [6, 6.07) is 9.35. The molecule has 2 aliphatic rings. The minimum Gasteiger partial charge on any atom is -0.383 e. The Morgan fingerprint density at radius 3 is 2.59 bits per heavy atom. The number of benzene rings is 1. The standard InChI is InChI=1S/C31H37N7O3/c1-20-17-33-31(34-23-9-8-22(32-18-23)16-21(2)39)36-29(20)26-11-10-25-24(26)6-5-7-27(25)35-30(40)28(19-41-4)38-14-12-37(3)13-15-38/h5-9,11,17-18,28H,10,12-16,19H2,1-4H3,(H,35,40)(H,33,34,36)/t28-/m1/s1. The highest BCUT2D eigenvalue weighted by molar-refractivity contribution is 5.97. The molecular weight excluding hydrogens is 518 g/mol. The van der Waals surface area contributed by atoms with Crippen molar-refractivity contribution < 1.29 is 14.3 Å². The third-order valence-electron chi connectivity index (χ3n) is 7.58. The van der Waals surface area contributed by atoms with Gasteiger partial charge in [-0.3, -0.25) is 19.5 Å². The lowest BCUT2D eigenvalue weighted by molar-refractivity contribution is -0.124. The van der Waals surface area contributed by atoms with Crippen LogP contribution in [0.4, 0.5) is 17.3 Å². The number of hydrogen-bond donors (Lipinski definition) is 2. The SMILES string of the molecule is COC[C@H](C(=O)Nc1cccc2c1CC=C2c1nc(Nc2ccc(CC(C)=O)nc2)ncc1C)N1CCN(C)CC1. The van der Waals surface area contributed by atoms with Crippen LogP contribution in [0, 0.1) is 6.92 Å². The van der Waals surface area contributed by atoms with Gasteiger partial charge in [0.15, 0.2) is 0 Å². The van der Waals surface area contributed by atoms with Gasteiger partial charge in [0.1, 0.15) is 11.8 Å². The van der Waals surface area contributed by atoms with Gasteiger partial charge < -0.3 is 20.3 Å². The maximum absolute atomic E-state index is 13.5. The van der Waals surface area contributed by atoms with Gasteiger partial charge in [-0.2, -0.15) is 0 Å². The minimum atomic E-state index is -0.345. The van der Waals surface area contributed by atoms with Crippen LogP contribution >= 0.6 is 0 Å². The van der Waals surface area contributed by atoms with Crippen LogP contribution in [-0.4, -0.2) is 89.4 Å². The van der Waals surface area contributed by atoms with Crippen molar-refractivity contribution in [2.75, 3.05) is 57.6 Å². The summed E-state index contributed by atoms with van der Waals surface area (Å²) in [4.78, 5) is 43.0. The predicted octanol–water partition coefficient (Wildman–Crippen LogP) is 3.24. The van der Waals surface area contributed by atoms with Crippen LogP contribution in [0.15, 0.2) is 48.8 Å². The molecule has 1 atom stereocenters. The molecule has 0 bridgehead atoms. The number of piperazine rings is 1. The molecule has 3 aromatic rings. The molecule has 214 valence electrons. The smallest absolute Gasteiger partial charge is 0.244 e. The Kier molecular flexibility index (Phi) is 8.82. The number of allylic oxidation sites excluding steroid dienone is 1. The molecule has 1 fully saturated rings. The zero-order chi connectivity index (χ0) is 28.9. The van der Waals surface area contributed by atoms with E-state index < -0.39 is 0 Å². The molecule has 3 heterocycles. The molecule has 2 N–H and O–H groups in total. The Bertz CT molecular complexity index is 1450. The molecule has 1 saturated heterocycles. The maximum atomic E-state index is 13.5. The lowest BCUT2D eigenvalue weighted by Gasteiger charge is -2.36. The van der Waals surface area contributed by atoms with E-state index in [1.54, 1.807) is 26.4 Å². The van der Waals surface area contributed by atoms with Crippen LogP contribution in [0.3, 0.4) is 0 Å². The van der Waals surface area contributed by atoms with E-state index in [-0.39, 0.29) is 17.7 Å². The van der Waals surface area contributed by atoms with Gasteiger partial charge in [0.05, 0.1) is 24.2 Å². The van der Waals surface area contributed by atoms with Gasteiger partial charge >= 0.3 is 0 Å². The number of aryl methyl sites for hydroxylation is 1. The lowest BCUT2D eigenvalue weighted by atomic mass is 9.99. The van der Waals surface area contributed by atoms with E-state index in [0.717, 1.165) is 71.2 Å². The first-order valence-corrected chi connectivity index (χ1v) is 13.9. The van der Waals surface area contributed by atoms with E-state index in [2.05, 4.69) is 49.6 Å². The largest absolute Gasteiger partial charge is 0.383 e. The van der Waals surface area contributed by atoms with E-state index in [1.807, 2.05) is 31.2 Å². The summed E-state index contributed by atoms with van der Waals surface area (Å²) in [6.07, 6.45) is 6.64. The first-order valence-electron chi connectivity index (χ1n) is 13.9. The topological polar surface area (TPSA) is 113 Å². The minimum absolute atomic E-state index is 0.0501. The number of nitrogens with zero attached hydrogens (tertiary/aromatic N) is 5. The summed E-state index contributed by atoms with van der Waals surface area (Å²) >= 11 is 0. The lowest BCUT2D eigenvalue weighted by Crippen LogP contribution is -2.54. The van der Waals surface area contributed by atoms with Gasteiger partial charge in [-0.15, -0.1) is 0 Å². The van der Waals surface area contributed by atoms with Crippen LogP contribution < -0.4 is 10.6 Å². The summed E-state index contributed by atoms with van der Waals surface area (Å²) < 4.78 is 5.43. The summed E-state index contributed by atoms with van der Waals surface area (Å²) in [5, 5.41) is 6.42. The average molecular weight is 556 g/mol. The third-order valence-corrected chi connectivity index (χ3v) is 7.58. The molecule has 1 aromatic carbocycles. The second kappa shape index (κ2) is 12.7. The van der Waals surface area contributed by atoms with Crippen LogP contribution in [0.1, 0.15) is 35.0 Å².